The van der Waals surface area contributed by atoms with Gasteiger partial charge >= 0.3 is 5.97 Å². The summed E-state index contributed by atoms with van der Waals surface area (Å²) in [5.74, 6) is -1.12. The highest BCUT2D eigenvalue weighted by atomic mass is 16.6. The molecule has 1 N–H and O–H groups in total. The summed E-state index contributed by atoms with van der Waals surface area (Å²) in [6, 6.07) is 7.35. The van der Waals surface area contributed by atoms with Crippen LogP contribution in [0, 0.1) is 10.1 Å². The van der Waals surface area contributed by atoms with E-state index in [1.54, 1.807) is 30.4 Å². The van der Waals surface area contributed by atoms with Gasteiger partial charge in [-0.25, -0.2) is 4.79 Å². The molecule has 0 aliphatic carbocycles. The molecule has 7 nitrogen and oxygen atoms in total. The SMILES string of the molecule is CN(Cc1cccnc1)c1cc(C(=O)O)ccc1[N+](=O)[O-]. The van der Waals surface area contributed by atoms with Crippen molar-refractivity contribution in [2.24, 2.45) is 0 Å². The highest BCUT2D eigenvalue weighted by molar-refractivity contribution is 5.90. The molecule has 7 heteroatoms. The Morgan fingerprint density at radius 2 is 2.19 bits per heavy atom. The van der Waals surface area contributed by atoms with E-state index in [4.69, 9.17) is 5.11 Å². The van der Waals surface area contributed by atoms with Crippen molar-refractivity contribution in [1.29, 1.82) is 0 Å². The molecule has 0 amide bonds. The fourth-order valence-corrected chi connectivity index (χ4v) is 1.97. The summed E-state index contributed by atoms with van der Waals surface area (Å²) >= 11 is 0. The predicted octanol–water partition coefficient (Wildman–Crippen LogP) is 2.32. The molecule has 0 saturated heterocycles. The Morgan fingerprint density at radius 1 is 1.43 bits per heavy atom. The first-order valence-electron chi connectivity index (χ1n) is 6.11. The van der Waals surface area contributed by atoms with Gasteiger partial charge in [0, 0.05) is 32.1 Å². The zero-order chi connectivity index (χ0) is 15.4. The minimum Gasteiger partial charge on any atom is -0.478 e. The summed E-state index contributed by atoms with van der Waals surface area (Å²) in [6.07, 6.45) is 3.29. The van der Waals surface area contributed by atoms with Crippen LogP contribution in [0.25, 0.3) is 0 Å². The van der Waals surface area contributed by atoms with Crippen LogP contribution in [0.4, 0.5) is 11.4 Å². The number of benzene rings is 1. The van der Waals surface area contributed by atoms with Crippen molar-refractivity contribution in [2.75, 3.05) is 11.9 Å². The summed E-state index contributed by atoms with van der Waals surface area (Å²) in [4.78, 5) is 27.2. The normalized spacial score (nSPS) is 10.1. The molecular formula is C14H13N3O4. The van der Waals surface area contributed by atoms with E-state index in [0.717, 1.165) is 5.56 Å². The number of nitrogens with zero attached hydrogens (tertiary/aromatic N) is 3. The monoisotopic (exact) mass is 287 g/mol. The lowest BCUT2D eigenvalue weighted by atomic mass is 10.1. The second-order valence-electron chi connectivity index (χ2n) is 4.48. The van der Waals surface area contributed by atoms with Gasteiger partial charge in [-0.3, -0.25) is 15.1 Å². The molecule has 0 unspecified atom stereocenters. The van der Waals surface area contributed by atoms with Crippen molar-refractivity contribution < 1.29 is 14.8 Å². The van der Waals surface area contributed by atoms with Gasteiger partial charge in [-0.2, -0.15) is 0 Å². The summed E-state index contributed by atoms with van der Waals surface area (Å²) < 4.78 is 0. The van der Waals surface area contributed by atoms with Gasteiger partial charge in [0.1, 0.15) is 5.69 Å². The predicted molar refractivity (Wildman–Crippen MR) is 76.4 cm³/mol. The second kappa shape index (κ2) is 6.00. The quantitative estimate of drug-likeness (QED) is 0.669. The largest absolute Gasteiger partial charge is 0.478 e. The maximum absolute atomic E-state index is 11.1. The number of carbonyl (C=O) groups is 1. The van der Waals surface area contributed by atoms with Crippen LogP contribution >= 0.6 is 0 Å². The van der Waals surface area contributed by atoms with E-state index in [1.807, 2.05) is 6.07 Å². The first-order chi connectivity index (χ1) is 9.99. The van der Waals surface area contributed by atoms with Crippen molar-refractivity contribution >= 4 is 17.3 Å². The fourth-order valence-electron chi connectivity index (χ4n) is 1.97. The van der Waals surface area contributed by atoms with Crippen LogP contribution in [0.1, 0.15) is 15.9 Å². The number of aromatic carboxylic acids is 1. The molecule has 21 heavy (non-hydrogen) atoms. The number of carboxylic acids is 1. The van der Waals surface area contributed by atoms with Crippen LogP contribution in [0.5, 0.6) is 0 Å². The van der Waals surface area contributed by atoms with E-state index < -0.39 is 10.9 Å². The minimum absolute atomic E-state index is 0.00800. The third-order valence-electron chi connectivity index (χ3n) is 2.97. The second-order valence-corrected chi connectivity index (χ2v) is 4.48. The molecule has 1 aromatic carbocycles. The maximum Gasteiger partial charge on any atom is 0.335 e. The average molecular weight is 287 g/mol. The molecule has 0 aliphatic rings. The molecule has 0 radical (unpaired) electrons. The molecule has 0 saturated carbocycles. The molecular weight excluding hydrogens is 274 g/mol. The topological polar surface area (TPSA) is 96.6 Å². The number of rotatable bonds is 5. The zero-order valence-electron chi connectivity index (χ0n) is 11.3. The zero-order valence-corrected chi connectivity index (χ0v) is 11.3. The van der Waals surface area contributed by atoms with Crippen LogP contribution < -0.4 is 4.90 Å². The highest BCUT2D eigenvalue weighted by Crippen LogP contribution is 2.29. The van der Waals surface area contributed by atoms with Crippen molar-refractivity contribution in [3.63, 3.8) is 0 Å². The fraction of sp³-hybridized carbons (Fsp3) is 0.143. The van der Waals surface area contributed by atoms with Gasteiger partial charge in [0.15, 0.2) is 0 Å². The van der Waals surface area contributed by atoms with Gasteiger partial charge in [-0.05, 0) is 23.8 Å². The van der Waals surface area contributed by atoms with Gasteiger partial charge < -0.3 is 10.0 Å². The molecule has 0 fully saturated rings. The number of carboxylic acid groups (broad SMARTS) is 1. The summed E-state index contributed by atoms with van der Waals surface area (Å²) in [7, 11) is 1.67. The van der Waals surface area contributed by atoms with E-state index in [9.17, 15) is 14.9 Å². The van der Waals surface area contributed by atoms with Crippen LogP contribution in [0.3, 0.4) is 0 Å². The van der Waals surface area contributed by atoms with Gasteiger partial charge in [0.2, 0.25) is 0 Å². The van der Waals surface area contributed by atoms with Gasteiger partial charge in [0.05, 0.1) is 10.5 Å². The van der Waals surface area contributed by atoms with Crippen LogP contribution in [0.15, 0.2) is 42.7 Å². The lowest BCUT2D eigenvalue weighted by Gasteiger charge is -2.19. The number of nitro groups is 1. The number of anilines is 1. The van der Waals surface area contributed by atoms with Gasteiger partial charge in [-0.15, -0.1) is 0 Å². The van der Waals surface area contributed by atoms with E-state index >= 15 is 0 Å². The molecule has 1 aromatic heterocycles. The van der Waals surface area contributed by atoms with Crippen molar-refractivity contribution in [3.05, 3.63) is 64.0 Å². The first kappa shape index (κ1) is 14.4. The number of hydrogen-bond acceptors (Lipinski definition) is 5. The minimum atomic E-state index is -1.12. The van der Waals surface area contributed by atoms with E-state index in [1.165, 1.54) is 18.2 Å². The maximum atomic E-state index is 11.1. The summed E-state index contributed by atoms with van der Waals surface area (Å²) in [6.45, 7) is 0.387. The van der Waals surface area contributed by atoms with E-state index in [2.05, 4.69) is 4.98 Å². The van der Waals surface area contributed by atoms with Crippen LogP contribution in [0.2, 0.25) is 0 Å². The number of hydrogen-bond donors (Lipinski definition) is 1. The Bertz CT molecular complexity index is 673. The Balaban J connectivity index is 2.37. The van der Waals surface area contributed by atoms with Gasteiger partial charge in [-0.1, -0.05) is 6.07 Å². The Morgan fingerprint density at radius 3 is 2.76 bits per heavy atom. The summed E-state index contributed by atoms with van der Waals surface area (Å²) in [5.41, 5.74) is 0.999. The lowest BCUT2D eigenvalue weighted by Crippen LogP contribution is -2.18. The molecule has 0 atom stereocenters. The molecule has 0 aliphatic heterocycles. The van der Waals surface area contributed by atoms with Crippen LogP contribution in [-0.2, 0) is 6.54 Å². The molecule has 0 spiro atoms. The third kappa shape index (κ3) is 3.33. The summed E-state index contributed by atoms with van der Waals surface area (Å²) in [5, 5.41) is 20.1. The first-order valence-corrected chi connectivity index (χ1v) is 6.11. The van der Waals surface area contributed by atoms with Gasteiger partial charge in [0.25, 0.3) is 5.69 Å². The standard InChI is InChI=1S/C14H13N3O4/c1-16(9-10-3-2-6-15-8-10)13-7-11(14(18)19)4-5-12(13)17(20)21/h2-8H,9H2,1H3,(H,18,19). The average Bonchev–Trinajstić information content (AvgIpc) is 2.47. The smallest absolute Gasteiger partial charge is 0.335 e. The number of nitro benzene ring substituents is 1. The number of pyridine rings is 1. The Kier molecular flexibility index (Phi) is 4.13. The van der Waals surface area contributed by atoms with Crippen molar-refractivity contribution in [3.8, 4) is 0 Å². The highest BCUT2D eigenvalue weighted by Gasteiger charge is 2.19. The van der Waals surface area contributed by atoms with Crippen molar-refractivity contribution in [1.82, 2.24) is 4.98 Å². The van der Waals surface area contributed by atoms with E-state index in [0.29, 0.717) is 6.54 Å². The molecule has 0 bridgehead atoms. The molecule has 108 valence electrons. The molecule has 1 heterocycles. The lowest BCUT2D eigenvalue weighted by molar-refractivity contribution is -0.384. The molecule has 2 rings (SSSR count). The Labute approximate surface area is 120 Å². The number of aromatic nitrogens is 1. The molecule has 2 aromatic rings. The van der Waals surface area contributed by atoms with Crippen LogP contribution in [-0.4, -0.2) is 28.0 Å². The Hall–Kier alpha value is -2.96. The third-order valence-corrected chi connectivity index (χ3v) is 2.97. The van der Waals surface area contributed by atoms with Crippen molar-refractivity contribution in [2.45, 2.75) is 6.54 Å². The van der Waals surface area contributed by atoms with E-state index in [-0.39, 0.29) is 16.9 Å².